The van der Waals surface area contributed by atoms with Gasteiger partial charge in [0, 0.05) is 25.2 Å². The number of ether oxygens (including phenoxy) is 1. The molecule has 7 heteroatoms. The van der Waals surface area contributed by atoms with Gasteiger partial charge in [-0.05, 0) is 19.9 Å². The van der Waals surface area contributed by atoms with Crippen molar-refractivity contribution in [3.05, 3.63) is 28.0 Å². The van der Waals surface area contributed by atoms with E-state index in [0.29, 0.717) is 12.3 Å². The Hall–Kier alpha value is -1.44. The maximum Gasteiger partial charge on any atom is 0.433 e. The second kappa shape index (κ2) is 6.34. The zero-order valence-electron chi connectivity index (χ0n) is 11.9. The van der Waals surface area contributed by atoms with Crippen LogP contribution in [0, 0.1) is 10.1 Å². The molecule has 0 bridgehead atoms. The van der Waals surface area contributed by atoms with Crippen molar-refractivity contribution >= 4 is 5.88 Å². The highest BCUT2D eigenvalue weighted by Crippen LogP contribution is 2.17. The first kappa shape index (κ1) is 15.0. The highest BCUT2D eigenvalue weighted by atomic mass is 16.6. The van der Waals surface area contributed by atoms with Crippen LogP contribution >= 0.6 is 0 Å². The highest BCUT2D eigenvalue weighted by Gasteiger charge is 2.27. The molecule has 1 aromatic rings. The van der Waals surface area contributed by atoms with Gasteiger partial charge in [0.25, 0.3) is 0 Å². The molecule has 0 aliphatic carbocycles. The summed E-state index contributed by atoms with van der Waals surface area (Å²) >= 11 is 0. The van der Waals surface area contributed by atoms with Gasteiger partial charge in [-0.25, -0.2) is 0 Å². The Labute approximate surface area is 118 Å². The molecule has 1 fully saturated rings. The predicted molar refractivity (Wildman–Crippen MR) is 73.5 cm³/mol. The third-order valence-electron chi connectivity index (χ3n) is 3.55. The van der Waals surface area contributed by atoms with Gasteiger partial charge in [0.05, 0.1) is 25.8 Å². The monoisotopic (exact) mass is 283 g/mol. The minimum Gasteiger partial charge on any atom is -0.404 e. The van der Waals surface area contributed by atoms with Gasteiger partial charge >= 0.3 is 5.88 Å². The summed E-state index contributed by atoms with van der Waals surface area (Å²) in [4.78, 5) is 12.4. The van der Waals surface area contributed by atoms with Crippen molar-refractivity contribution in [2.24, 2.45) is 0 Å². The molecule has 112 valence electrons. The molecule has 7 nitrogen and oxygen atoms in total. The lowest BCUT2D eigenvalue weighted by Crippen LogP contribution is -2.54. The van der Waals surface area contributed by atoms with Crippen LogP contribution < -0.4 is 5.32 Å². The van der Waals surface area contributed by atoms with Gasteiger partial charge in [-0.2, -0.15) is 0 Å². The Morgan fingerprint density at radius 2 is 2.10 bits per heavy atom. The lowest BCUT2D eigenvalue weighted by atomic mass is 10.0. The van der Waals surface area contributed by atoms with Crippen molar-refractivity contribution in [3.63, 3.8) is 0 Å². The normalized spacial score (nSPS) is 17.3. The van der Waals surface area contributed by atoms with Crippen LogP contribution in [0.25, 0.3) is 0 Å². The molecule has 1 aliphatic rings. The molecular weight excluding hydrogens is 262 g/mol. The topological polar surface area (TPSA) is 80.8 Å². The molecule has 0 spiro atoms. The molecule has 0 aromatic carbocycles. The van der Waals surface area contributed by atoms with Crippen LogP contribution in [0.1, 0.15) is 19.6 Å². The van der Waals surface area contributed by atoms with Crippen molar-refractivity contribution in [1.82, 2.24) is 10.2 Å². The van der Waals surface area contributed by atoms with Gasteiger partial charge < -0.3 is 14.5 Å². The molecule has 20 heavy (non-hydrogen) atoms. The number of hydrogen-bond acceptors (Lipinski definition) is 6. The third kappa shape index (κ3) is 3.78. The number of rotatable bonds is 6. The van der Waals surface area contributed by atoms with Crippen molar-refractivity contribution < 1.29 is 14.1 Å². The van der Waals surface area contributed by atoms with E-state index < -0.39 is 4.92 Å². The van der Waals surface area contributed by atoms with Crippen LogP contribution in [0.5, 0.6) is 0 Å². The second-order valence-electron chi connectivity index (χ2n) is 5.51. The number of nitrogens with zero attached hydrogens (tertiary/aromatic N) is 2. The summed E-state index contributed by atoms with van der Waals surface area (Å²) in [5, 5.41) is 13.8. The molecule has 0 amide bonds. The van der Waals surface area contributed by atoms with Gasteiger partial charge in [0.2, 0.25) is 0 Å². The largest absolute Gasteiger partial charge is 0.433 e. The van der Waals surface area contributed by atoms with Crippen molar-refractivity contribution in [3.8, 4) is 0 Å². The predicted octanol–water partition coefficient (Wildman–Crippen LogP) is 1.39. The summed E-state index contributed by atoms with van der Waals surface area (Å²) in [7, 11) is 0. The van der Waals surface area contributed by atoms with Gasteiger partial charge in [0.1, 0.15) is 10.7 Å². The molecule has 1 aromatic heterocycles. The average Bonchev–Trinajstić information content (AvgIpc) is 2.89. The first-order chi connectivity index (χ1) is 9.49. The fourth-order valence-corrected chi connectivity index (χ4v) is 2.33. The zero-order valence-corrected chi connectivity index (χ0v) is 11.9. The Morgan fingerprint density at radius 3 is 2.70 bits per heavy atom. The number of furan rings is 1. The van der Waals surface area contributed by atoms with Crippen LogP contribution in [-0.4, -0.2) is 48.2 Å². The fraction of sp³-hybridized carbons (Fsp3) is 0.692. The molecule has 0 unspecified atom stereocenters. The Bertz CT molecular complexity index is 452. The molecule has 1 aliphatic heterocycles. The number of nitro groups is 1. The smallest absolute Gasteiger partial charge is 0.404 e. The SMILES string of the molecule is CC(C)(CNCc1ccc([N+](=O)[O-])o1)N1CCOCC1. The maximum absolute atomic E-state index is 10.5. The summed E-state index contributed by atoms with van der Waals surface area (Å²) in [5.41, 5.74) is 0.0162. The molecule has 2 heterocycles. The van der Waals surface area contributed by atoms with E-state index in [1.807, 2.05) is 0 Å². The Morgan fingerprint density at radius 1 is 1.40 bits per heavy atom. The summed E-state index contributed by atoms with van der Waals surface area (Å²) in [6.45, 7) is 9.03. The standard InChI is InChI=1S/C13H21N3O4/c1-13(2,15-5-7-19-8-6-15)10-14-9-11-3-4-12(20-11)16(17)18/h3-4,14H,5-10H2,1-2H3. The van der Waals surface area contributed by atoms with E-state index in [4.69, 9.17) is 9.15 Å². The van der Waals surface area contributed by atoms with E-state index in [1.54, 1.807) is 6.07 Å². The number of morpholine rings is 1. The lowest BCUT2D eigenvalue weighted by molar-refractivity contribution is -0.402. The fourth-order valence-electron chi connectivity index (χ4n) is 2.33. The van der Waals surface area contributed by atoms with Crippen LogP contribution in [0.2, 0.25) is 0 Å². The third-order valence-corrected chi connectivity index (χ3v) is 3.55. The van der Waals surface area contributed by atoms with E-state index in [9.17, 15) is 10.1 Å². The van der Waals surface area contributed by atoms with Crippen LogP contribution in [0.15, 0.2) is 16.5 Å². The molecular formula is C13H21N3O4. The highest BCUT2D eigenvalue weighted by molar-refractivity contribution is 5.17. The van der Waals surface area contributed by atoms with Crippen molar-refractivity contribution in [2.75, 3.05) is 32.8 Å². The zero-order chi connectivity index (χ0) is 14.6. The van der Waals surface area contributed by atoms with Gasteiger partial charge in [-0.1, -0.05) is 0 Å². The van der Waals surface area contributed by atoms with E-state index in [2.05, 4.69) is 24.1 Å². The minimum absolute atomic E-state index is 0.0162. The molecule has 0 saturated carbocycles. The Kier molecular flexibility index (Phi) is 4.74. The summed E-state index contributed by atoms with van der Waals surface area (Å²) in [6.07, 6.45) is 0. The maximum atomic E-state index is 10.5. The molecule has 0 atom stereocenters. The second-order valence-corrected chi connectivity index (χ2v) is 5.51. The van der Waals surface area contributed by atoms with Gasteiger partial charge in [-0.15, -0.1) is 0 Å². The number of nitrogens with one attached hydrogen (secondary N) is 1. The van der Waals surface area contributed by atoms with Crippen molar-refractivity contribution in [1.29, 1.82) is 0 Å². The molecule has 1 saturated heterocycles. The van der Waals surface area contributed by atoms with E-state index in [0.717, 1.165) is 32.8 Å². The molecule has 0 radical (unpaired) electrons. The average molecular weight is 283 g/mol. The summed E-state index contributed by atoms with van der Waals surface area (Å²) in [5.74, 6) is 0.365. The summed E-state index contributed by atoms with van der Waals surface area (Å²) < 4.78 is 10.5. The lowest BCUT2D eigenvalue weighted by Gasteiger charge is -2.41. The molecule has 1 N–H and O–H groups in total. The first-order valence-corrected chi connectivity index (χ1v) is 6.76. The first-order valence-electron chi connectivity index (χ1n) is 6.76. The van der Waals surface area contributed by atoms with Gasteiger partial charge in [0.15, 0.2) is 0 Å². The summed E-state index contributed by atoms with van der Waals surface area (Å²) in [6, 6.07) is 3.01. The van der Waals surface area contributed by atoms with E-state index >= 15 is 0 Å². The number of hydrogen-bond donors (Lipinski definition) is 1. The molecule has 2 rings (SSSR count). The minimum atomic E-state index is -0.527. The van der Waals surface area contributed by atoms with Crippen LogP contribution in [0.4, 0.5) is 5.88 Å². The van der Waals surface area contributed by atoms with E-state index in [-0.39, 0.29) is 11.4 Å². The van der Waals surface area contributed by atoms with Crippen molar-refractivity contribution in [2.45, 2.75) is 25.9 Å². The quantitative estimate of drug-likeness (QED) is 0.627. The van der Waals surface area contributed by atoms with Crippen LogP contribution in [-0.2, 0) is 11.3 Å². The van der Waals surface area contributed by atoms with Crippen LogP contribution in [0.3, 0.4) is 0 Å². The van der Waals surface area contributed by atoms with E-state index in [1.165, 1.54) is 6.07 Å². The van der Waals surface area contributed by atoms with Gasteiger partial charge in [-0.3, -0.25) is 15.0 Å². The Balaban J connectivity index is 1.80.